The highest BCUT2D eigenvalue weighted by atomic mass is 35.5. The molecule has 0 radical (unpaired) electrons. The van der Waals surface area contributed by atoms with E-state index in [9.17, 15) is 9.59 Å². The van der Waals surface area contributed by atoms with Gasteiger partial charge in [-0.3, -0.25) is 9.59 Å². The van der Waals surface area contributed by atoms with Crippen LogP contribution >= 0.6 is 12.4 Å². The minimum atomic E-state index is -0.0417. The van der Waals surface area contributed by atoms with E-state index in [1.165, 1.54) is 0 Å². The molecule has 1 saturated heterocycles. The first-order valence-corrected chi connectivity index (χ1v) is 9.57. The molecule has 2 N–H and O–H groups in total. The third kappa shape index (κ3) is 6.21. The maximum atomic E-state index is 12.7. The molecule has 156 valence electrons. The van der Waals surface area contributed by atoms with Crippen LogP contribution in [0.3, 0.4) is 0 Å². The topological polar surface area (TPSA) is 70.7 Å². The fraction of sp³-hybridized carbons (Fsp3) is 0.364. The number of halogens is 1. The van der Waals surface area contributed by atoms with Gasteiger partial charge in [-0.05, 0) is 42.3 Å². The van der Waals surface area contributed by atoms with Gasteiger partial charge in [-0.1, -0.05) is 24.3 Å². The van der Waals surface area contributed by atoms with E-state index in [0.717, 1.165) is 36.5 Å². The minimum Gasteiger partial charge on any atom is -0.497 e. The van der Waals surface area contributed by atoms with E-state index in [4.69, 9.17) is 4.74 Å². The maximum absolute atomic E-state index is 12.7. The molecule has 0 saturated carbocycles. The molecule has 2 amide bonds. The first kappa shape index (κ1) is 22.7. The summed E-state index contributed by atoms with van der Waals surface area (Å²) in [5.41, 5.74) is 2.58. The summed E-state index contributed by atoms with van der Waals surface area (Å²) in [6, 6.07) is 15.1. The number of hydrogen-bond acceptors (Lipinski definition) is 4. The van der Waals surface area contributed by atoms with E-state index in [2.05, 4.69) is 17.6 Å². The van der Waals surface area contributed by atoms with E-state index in [1.807, 2.05) is 53.4 Å². The van der Waals surface area contributed by atoms with Gasteiger partial charge in [0.05, 0.1) is 13.5 Å². The van der Waals surface area contributed by atoms with Crippen LogP contribution in [-0.4, -0.2) is 49.5 Å². The quantitative estimate of drug-likeness (QED) is 0.757. The molecule has 0 unspecified atom stereocenters. The number of hydrogen-bond donors (Lipinski definition) is 2. The van der Waals surface area contributed by atoms with Gasteiger partial charge in [-0.15, -0.1) is 12.4 Å². The van der Waals surface area contributed by atoms with Gasteiger partial charge in [0.15, 0.2) is 0 Å². The lowest BCUT2D eigenvalue weighted by Crippen LogP contribution is -2.52. The molecular weight excluding hydrogens is 390 g/mol. The SMILES string of the molecule is COc1ccc(CC(=O)NCc2ccc(C(=O)N3CCNC[C@@H]3C)cc2)cc1.Cl. The molecule has 1 fully saturated rings. The maximum Gasteiger partial charge on any atom is 0.254 e. The van der Waals surface area contributed by atoms with E-state index < -0.39 is 0 Å². The standard InChI is InChI=1S/C22H27N3O3.ClH/c1-16-14-23-11-12-25(16)22(27)19-7-3-18(4-8-19)15-24-21(26)13-17-5-9-20(28-2)10-6-17;/h3-10,16,23H,11-15H2,1-2H3,(H,24,26);1H/t16-;/m0./s1. The Bertz CT molecular complexity index is 809. The first-order valence-electron chi connectivity index (χ1n) is 9.57. The van der Waals surface area contributed by atoms with Crippen LogP contribution in [0.25, 0.3) is 0 Å². The summed E-state index contributed by atoms with van der Waals surface area (Å²) in [6.07, 6.45) is 0.321. The van der Waals surface area contributed by atoms with Crippen molar-refractivity contribution in [1.82, 2.24) is 15.5 Å². The zero-order valence-electron chi connectivity index (χ0n) is 16.8. The Morgan fingerprint density at radius 1 is 1.10 bits per heavy atom. The molecule has 6 nitrogen and oxygen atoms in total. The van der Waals surface area contributed by atoms with Crippen LogP contribution in [0.15, 0.2) is 48.5 Å². The zero-order chi connectivity index (χ0) is 19.9. The lowest BCUT2D eigenvalue weighted by Gasteiger charge is -2.34. The van der Waals surface area contributed by atoms with E-state index in [1.54, 1.807) is 7.11 Å². The van der Waals surface area contributed by atoms with E-state index in [0.29, 0.717) is 18.5 Å². The molecule has 0 spiro atoms. The Morgan fingerprint density at radius 3 is 2.38 bits per heavy atom. The second-order valence-electron chi connectivity index (χ2n) is 7.05. The number of nitrogens with zero attached hydrogens (tertiary/aromatic N) is 1. The summed E-state index contributed by atoms with van der Waals surface area (Å²) < 4.78 is 5.12. The third-order valence-corrected chi connectivity index (χ3v) is 4.98. The molecule has 1 aliphatic rings. The zero-order valence-corrected chi connectivity index (χ0v) is 17.6. The number of benzene rings is 2. The first-order chi connectivity index (χ1) is 13.6. The predicted octanol–water partition coefficient (Wildman–Crippen LogP) is 2.41. The number of ether oxygens (including phenoxy) is 1. The van der Waals surface area contributed by atoms with Crippen molar-refractivity contribution in [3.63, 3.8) is 0 Å². The van der Waals surface area contributed by atoms with Gasteiger partial charge in [-0.25, -0.2) is 0 Å². The van der Waals surface area contributed by atoms with Gasteiger partial charge in [0.1, 0.15) is 5.75 Å². The monoisotopic (exact) mass is 417 g/mol. The van der Waals surface area contributed by atoms with Gasteiger partial charge < -0.3 is 20.3 Å². The van der Waals surface area contributed by atoms with Crippen molar-refractivity contribution < 1.29 is 14.3 Å². The average Bonchev–Trinajstić information content (AvgIpc) is 2.73. The summed E-state index contributed by atoms with van der Waals surface area (Å²) in [7, 11) is 1.62. The number of piperazine rings is 1. The van der Waals surface area contributed by atoms with Gasteiger partial charge >= 0.3 is 0 Å². The third-order valence-electron chi connectivity index (χ3n) is 4.98. The van der Waals surface area contributed by atoms with Crippen LogP contribution in [0.5, 0.6) is 5.75 Å². The number of nitrogens with one attached hydrogen (secondary N) is 2. The van der Waals surface area contributed by atoms with Crippen molar-refractivity contribution in [1.29, 1.82) is 0 Å². The van der Waals surface area contributed by atoms with Crippen molar-refractivity contribution >= 4 is 24.2 Å². The molecule has 0 aromatic heterocycles. The fourth-order valence-corrected chi connectivity index (χ4v) is 3.27. The van der Waals surface area contributed by atoms with Gasteiger partial charge in [0.25, 0.3) is 5.91 Å². The smallest absolute Gasteiger partial charge is 0.254 e. The van der Waals surface area contributed by atoms with Crippen LogP contribution in [0.1, 0.15) is 28.4 Å². The molecule has 0 bridgehead atoms. The van der Waals surface area contributed by atoms with E-state index >= 15 is 0 Å². The number of methoxy groups -OCH3 is 1. The summed E-state index contributed by atoms with van der Waals surface area (Å²) in [5.74, 6) is 0.790. The molecule has 2 aromatic carbocycles. The number of carbonyl (C=O) groups is 2. The highest BCUT2D eigenvalue weighted by molar-refractivity contribution is 5.94. The lowest BCUT2D eigenvalue weighted by atomic mass is 10.1. The van der Waals surface area contributed by atoms with Crippen molar-refractivity contribution in [2.75, 3.05) is 26.7 Å². The van der Waals surface area contributed by atoms with Gasteiger partial charge in [0, 0.05) is 37.8 Å². The molecule has 1 atom stereocenters. The normalized spacial score (nSPS) is 15.9. The lowest BCUT2D eigenvalue weighted by molar-refractivity contribution is -0.120. The summed E-state index contributed by atoms with van der Waals surface area (Å²) >= 11 is 0. The van der Waals surface area contributed by atoms with Crippen molar-refractivity contribution in [3.8, 4) is 5.75 Å². The van der Waals surface area contributed by atoms with Crippen LogP contribution < -0.4 is 15.4 Å². The van der Waals surface area contributed by atoms with Gasteiger partial charge in [0.2, 0.25) is 5.91 Å². The number of amides is 2. The number of rotatable bonds is 6. The molecule has 7 heteroatoms. The molecular formula is C22H28ClN3O3. The second kappa shape index (κ2) is 10.8. The second-order valence-corrected chi connectivity index (χ2v) is 7.05. The van der Waals surface area contributed by atoms with E-state index in [-0.39, 0.29) is 30.3 Å². The Morgan fingerprint density at radius 2 is 1.76 bits per heavy atom. The Labute approximate surface area is 178 Å². The highest BCUT2D eigenvalue weighted by Gasteiger charge is 2.23. The summed E-state index contributed by atoms with van der Waals surface area (Å²) in [6.45, 7) is 4.87. The molecule has 3 rings (SSSR count). The summed E-state index contributed by atoms with van der Waals surface area (Å²) in [5, 5.41) is 6.21. The Kier molecular flexibility index (Phi) is 8.49. The minimum absolute atomic E-state index is 0. The van der Waals surface area contributed by atoms with Crippen molar-refractivity contribution in [2.24, 2.45) is 0 Å². The van der Waals surface area contributed by atoms with Crippen molar-refractivity contribution in [3.05, 3.63) is 65.2 Å². The Balaban J connectivity index is 0.00000300. The molecule has 29 heavy (non-hydrogen) atoms. The molecule has 2 aromatic rings. The fourth-order valence-electron chi connectivity index (χ4n) is 3.27. The molecule has 1 heterocycles. The highest BCUT2D eigenvalue weighted by Crippen LogP contribution is 2.13. The molecule has 0 aliphatic carbocycles. The Hall–Kier alpha value is -2.57. The predicted molar refractivity (Wildman–Crippen MR) is 116 cm³/mol. The average molecular weight is 418 g/mol. The number of carbonyl (C=O) groups excluding carboxylic acids is 2. The van der Waals surface area contributed by atoms with Crippen LogP contribution in [0, 0.1) is 0 Å². The van der Waals surface area contributed by atoms with Crippen molar-refractivity contribution in [2.45, 2.75) is 25.9 Å². The molecule has 1 aliphatic heterocycles. The van der Waals surface area contributed by atoms with Crippen LogP contribution in [0.2, 0.25) is 0 Å². The van der Waals surface area contributed by atoms with Gasteiger partial charge in [-0.2, -0.15) is 0 Å². The van der Waals surface area contributed by atoms with Crippen LogP contribution in [-0.2, 0) is 17.8 Å². The van der Waals surface area contributed by atoms with Crippen LogP contribution in [0.4, 0.5) is 0 Å². The largest absolute Gasteiger partial charge is 0.497 e. The summed E-state index contributed by atoms with van der Waals surface area (Å²) in [4.78, 5) is 26.7.